The highest BCUT2D eigenvalue weighted by molar-refractivity contribution is 7.98. The molecule has 2 aromatic carbocycles. The van der Waals surface area contributed by atoms with Crippen LogP contribution in [0, 0.1) is 5.82 Å². The van der Waals surface area contributed by atoms with Crippen LogP contribution >= 0.6 is 23.1 Å². The van der Waals surface area contributed by atoms with Crippen LogP contribution in [0.1, 0.15) is 12.6 Å². The fraction of sp³-hybridized carbons (Fsp3) is 0.100. The smallest absolute Gasteiger partial charge is 0.223 e. The normalized spacial score (nSPS) is 10.9. The van der Waals surface area contributed by atoms with Crippen LogP contribution in [-0.2, 0) is 10.5 Å². The van der Waals surface area contributed by atoms with Crippen molar-refractivity contribution in [3.8, 4) is 11.3 Å². The van der Waals surface area contributed by atoms with Crippen LogP contribution in [0.15, 0.2) is 58.9 Å². The number of carbonyl (C=O) groups is 1. The minimum atomic E-state index is -0.282. The average molecular weight is 410 g/mol. The van der Waals surface area contributed by atoms with Crippen molar-refractivity contribution in [2.45, 2.75) is 17.7 Å². The van der Waals surface area contributed by atoms with Crippen molar-refractivity contribution in [2.24, 2.45) is 0 Å². The third kappa shape index (κ3) is 4.02. The Labute approximate surface area is 169 Å². The Hall–Kier alpha value is -2.84. The van der Waals surface area contributed by atoms with E-state index in [1.165, 1.54) is 42.2 Å². The number of thioether (sulfide) groups is 1. The fourth-order valence-electron chi connectivity index (χ4n) is 2.73. The zero-order valence-electron chi connectivity index (χ0n) is 14.8. The minimum absolute atomic E-state index is 0.137. The first kappa shape index (κ1) is 18.5. The summed E-state index contributed by atoms with van der Waals surface area (Å²) in [6.45, 7) is 1.46. The van der Waals surface area contributed by atoms with Gasteiger partial charge in [-0.25, -0.2) is 9.37 Å². The van der Waals surface area contributed by atoms with E-state index in [1.807, 2.05) is 29.6 Å². The lowest BCUT2D eigenvalue weighted by molar-refractivity contribution is -0.114. The Morgan fingerprint density at radius 1 is 1.11 bits per heavy atom. The molecule has 4 rings (SSSR count). The molecule has 0 aliphatic rings. The van der Waals surface area contributed by atoms with Gasteiger partial charge < -0.3 is 5.32 Å². The van der Waals surface area contributed by atoms with E-state index in [0.29, 0.717) is 10.9 Å². The van der Waals surface area contributed by atoms with Crippen molar-refractivity contribution >= 4 is 44.9 Å². The molecule has 1 amide bonds. The molecule has 5 nitrogen and oxygen atoms in total. The molecular formula is C20H15FN4OS2. The van der Waals surface area contributed by atoms with E-state index in [4.69, 9.17) is 0 Å². The number of fused-ring (bicyclic) bond motifs is 1. The molecule has 2 heterocycles. The number of carbonyl (C=O) groups excluding carboxylic acids is 1. The van der Waals surface area contributed by atoms with E-state index in [-0.39, 0.29) is 11.7 Å². The molecule has 2 aromatic heterocycles. The largest absolute Gasteiger partial charge is 0.302 e. The topological polar surface area (TPSA) is 67.8 Å². The zero-order chi connectivity index (χ0) is 19.5. The summed E-state index contributed by atoms with van der Waals surface area (Å²) < 4.78 is 13.2. The van der Waals surface area contributed by atoms with Gasteiger partial charge in [-0.2, -0.15) is 0 Å². The summed E-state index contributed by atoms with van der Waals surface area (Å²) in [6, 6.07) is 14.2. The minimum Gasteiger partial charge on any atom is -0.302 e. The van der Waals surface area contributed by atoms with Gasteiger partial charge in [-0.3, -0.25) is 4.79 Å². The molecule has 8 heteroatoms. The maximum atomic E-state index is 13.2. The monoisotopic (exact) mass is 410 g/mol. The number of benzene rings is 2. The first-order valence-electron chi connectivity index (χ1n) is 8.46. The highest BCUT2D eigenvalue weighted by atomic mass is 32.2. The predicted octanol–water partition coefficient (Wildman–Crippen LogP) is 5.14. The Morgan fingerprint density at radius 3 is 2.61 bits per heavy atom. The summed E-state index contributed by atoms with van der Waals surface area (Å²) in [6.07, 6.45) is 0. The third-order valence-corrected chi connectivity index (χ3v) is 5.78. The first-order valence-corrected chi connectivity index (χ1v) is 10.3. The van der Waals surface area contributed by atoms with Crippen molar-refractivity contribution in [3.05, 3.63) is 65.4 Å². The molecule has 0 fully saturated rings. The van der Waals surface area contributed by atoms with Crippen LogP contribution in [0.4, 0.5) is 9.52 Å². The SMILES string of the molecule is CC(=O)Nc1nc(CSc2nnc(-c3ccc(F)cc3)c3ccccc23)cs1. The molecular weight excluding hydrogens is 395 g/mol. The highest BCUT2D eigenvalue weighted by Crippen LogP contribution is 2.33. The zero-order valence-corrected chi connectivity index (χ0v) is 16.5. The second-order valence-corrected chi connectivity index (χ2v) is 7.84. The predicted molar refractivity (Wildman–Crippen MR) is 111 cm³/mol. The first-order chi connectivity index (χ1) is 13.6. The summed E-state index contributed by atoms with van der Waals surface area (Å²) >= 11 is 2.93. The second-order valence-electron chi connectivity index (χ2n) is 6.02. The average Bonchev–Trinajstić information content (AvgIpc) is 3.13. The molecule has 0 atom stereocenters. The van der Waals surface area contributed by atoms with E-state index < -0.39 is 0 Å². The van der Waals surface area contributed by atoms with Gasteiger partial charge in [0.2, 0.25) is 5.91 Å². The van der Waals surface area contributed by atoms with Crippen LogP contribution in [0.5, 0.6) is 0 Å². The maximum absolute atomic E-state index is 13.2. The van der Waals surface area contributed by atoms with Gasteiger partial charge >= 0.3 is 0 Å². The number of hydrogen-bond donors (Lipinski definition) is 1. The summed E-state index contributed by atoms with van der Waals surface area (Å²) in [7, 11) is 0. The number of thiazole rings is 1. The van der Waals surface area contributed by atoms with E-state index in [0.717, 1.165) is 32.7 Å². The number of amides is 1. The molecule has 0 spiro atoms. The second kappa shape index (κ2) is 8.04. The van der Waals surface area contributed by atoms with E-state index in [9.17, 15) is 9.18 Å². The van der Waals surface area contributed by atoms with E-state index in [1.54, 1.807) is 12.1 Å². The molecule has 0 radical (unpaired) electrons. The van der Waals surface area contributed by atoms with E-state index >= 15 is 0 Å². The molecule has 0 aliphatic carbocycles. The molecule has 0 aliphatic heterocycles. The lowest BCUT2D eigenvalue weighted by atomic mass is 10.1. The van der Waals surface area contributed by atoms with Gasteiger partial charge in [0.15, 0.2) is 5.13 Å². The number of halogens is 1. The molecule has 140 valence electrons. The highest BCUT2D eigenvalue weighted by Gasteiger charge is 2.12. The van der Waals surface area contributed by atoms with Gasteiger partial charge in [0.1, 0.15) is 16.5 Å². The number of aromatic nitrogens is 3. The number of rotatable bonds is 5. The van der Waals surface area contributed by atoms with Crippen molar-refractivity contribution < 1.29 is 9.18 Å². The van der Waals surface area contributed by atoms with Gasteiger partial charge in [-0.1, -0.05) is 36.0 Å². The summed E-state index contributed by atoms with van der Waals surface area (Å²) in [5.74, 6) is 0.196. The van der Waals surface area contributed by atoms with Crippen molar-refractivity contribution in [3.63, 3.8) is 0 Å². The van der Waals surface area contributed by atoms with Crippen molar-refractivity contribution in [2.75, 3.05) is 5.32 Å². The number of nitrogens with one attached hydrogen (secondary N) is 1. The molecule has 1 N–H and O–H groups in total. The van der Waals surface area contributed by atoms with Gasteiger partial charge in [0.25, 0.3) is 0 Å². The lowest BCUT2D eigenvalue weighted by Gasteiger charge is -2.09. The van der Waals surface area contributed by atoms with Crippen LogP contribution in [0.2, 0.25) is 0 Å². The fourth-order valence-corrected chi connectivity index (χ4v) is 4.46. The van der Waals surface area contributed by atoms with E-state index in [2.05, 4.69) is 20.5 Å². The van der Waals surface area contributed by atoms with Crippen LogP contribution < -0.4 is 5.32 Å². The lowest BCUT2D eigenvalue weighted by Crippen LogP contribution is -2.05. The molecule has 0 saturated carbocycles. The van der Waals surface area contributed by atoms with Gasteiger partial charge in [0.05, 0.1) is 5.69 Å². The van der Waals surface area contributed by atoms with Gasteiger partial charge in [-0.05, 0) is 24.3 Å². The number of anilines is 1. The molecule has 0 saturated heterocycles. The molecule has 28 heavy (non-hydrogen) atoms. The quantitative estimate of drug-likeness (QED) is 0.461. The standard InChI is InChI=1S/C20H15FN4OS2/c1-12(26)22-20-23-15(11-28-20)10-27-19-17-5-3-2-4-16(17)18(24-25-19)13-6-8-14(21)9-7-13/h2-9,11H,10H2,1H3,(H,22,23,26). The molecule has 0 bridgehead atoms. The molecule has 0 unspecified atom stereocenters. The molecule has 4 aromatic rings. The summed E-state index contributed by atoms with van der Waals surface area (Å²) in [5, 5.41) is 16.7. The number of hydrogen-bond acceptors (Lipinski definition) is 6. The summed E-state index contributed by atoms with van der Waals surface area (Å²) in [5.41, 5.74) is 2.41. The number of nitrogens with zero attached hydrogens (tertiary/aromatic N) is 3. The Bertz CT molecular complexity index is 1140. The van der Waals surface area contributed by atoms with Gasteiger partial charge in [-0.15, -0.1) is 21.5 Å². The Kier molecular flexibility index (Phi) is 5.31. The maximum Gasteiger partial charge on any atom is 0.223 e. The van der Waals surface area contributed by atoms with Crippen LogP contribution in [-0.4, -0.2) is 21.1 Å². The van der Waals surface area contributed by atoms with Crippen LogP contribution in [0.25, 0.3) is 22.0 Å². The van der Waals surface area contributed by atoms with Crippen LogP contribution in [0.3, 0.4) is 0 Å². The van der Waals surface area contributed by atoms with Crippen molar-refractivity contribution in [1.29, 1.82) is 0 Å². The Balaban J connectivity index is 1.62. The van der Waals surface area contributed by atoms with Gasteiger partial charge in [0, 0.05) is 34.4 Å². The summed E-state index contributed by atoms with van der Waals surface area (Å²) in [4.78, 5) is 15.5. The third-order valence-electron chi connectivity index (χ3n) is 3.96. The van der Waals surface area contributed by atoms with Crippen molar-refractivity contribution in [1.82, 2.24) is 15.2 Å². The Morgan fingerprint density at radius 2 is 1.86 bits per heavy atom.